The van der Waals surface area contributed by atoms with Crippen LogP contribution in [0.25, 0.3) is 0 Å². The van der Waals surface area contributed by atoms with Gasteiger partial charge in [0.05, 0.1) is 0 Å². The van der Waals surface area contributed by atoms with E-state index in [-0.39, 0.29) is 0 Å². The van der Waals surface area contributed by atoms with Gasteiger partial charge in [-0.15, -0.1) is 0 Å². The van der Waals surface area contributed by atoms with Crippen LogP contribution in [0, 0.1) is 0 Å². The van der Waals surface area contributed by atoms with E-state index in [9.17, 15) is 0 Å². The molecule has 0 saturated heterocycles. The van der Waals surface area contributed by atoms with Crippen molar-refractivity contribution in [3.05, 3.63) is 18.0 Å². The zero-order valence-electron chi connectivity index (χ0n) is 8.67. The molecular formula is C10H20N2. The molecule has 0 aromatic carbocycles. The van der Waals surface area contributed by atoms with Crippen molar-refractivity contribution in [1.82, 2.24) is 9.78 Å². The molecule has 0 aliphatic rings. The van der Waals surface area contributed by atoms with Gasteiger partial charge in [-0.05, 0) is 18.9 Å². The second kappa shape index (κ2) is 6.89. The van der Waals surface area contributed by atoms with Gasteiger partial charge in [0.15, 0.2) is 0 Å². The molecule has 0 spiro atoms. The molecule has 0 amide bonds. The van der Waals surface area contributed by atoms with E-state index in [1.165, 1.54) is 5.69 Å². The van der Waals surface area contributed by atoms with Gasteiger partial charge in [-0.1, -0.05) is 27.7 Å². The lowest BCUT2D eigenvalue weighted by atomic mass is 10.3. The van der Waals surface area contributed by atoms with E-state index in [1.54, 1.807) is 0 Å². The summed E-state index contributed by atoms with van der Waals surface area (Å²) in [6.45, 7) is 9.38. The van der Waals surface area contributed by atoms with Crippen molar-refractivity contribution in [3.8, 4) is 0 Å². The third-order valence-corrected chi connectivity index (χ3v) is 1.60. The first kappa shape index (κ1) is 11.2. The molecule has 70 valence electrons. The lowest BCUT2D eigenvalue weighted by Gasteiger charge is -2.01. The van der Waals surface area contributed by atoms with Crippen LogP contribution in [0.3, 0.4) is 0 Å². The lowest BCUT2D eigenvalue weighted by molar-refractivity contribution is 0.577. The van der Waals surface area contributed by atoms with E-state index in [4.69, 9.17) is 0 Å². The maximum absolute atomic E-state index is 4.19. The molecule has 0 fully saturated rings. The second-order valence-corrected chi connectivity index (χ2v) is 2.40. The van der Waals surface area contributed by atoms with Gasteiger partial charge in [0.2, 0.25) is 0 Å². The quantitative estimate of drug-likeness (QED) is 0.678. The first-order valence-electron chi connectivity index (χ1n) is 4.89. The van der Waals surface area contributed by atoms with Crippen LogP contribution >= 0.6 is 0 Å². The molecule has 0 aliphatic carbocycles. The SMILES string of the molecule is CC.CCCn1nccc1CC. The summed E-state index contributed by atoms with van der Waals surface area (Å²) < 4.78 is 2.07. The van der Waals surface area contributed by atoms with Crippen LogP contribution in [0.5, 0.6) is 0 Å². The Morgan fingerprint density at radius 2 is 2.00 bits per heavy atom. The van der Waals surface area contributed by atoms with Gasteiger partial charge >= 0.3 is 0 Å². The summed E-state index contributed by atoms with van der Waals surface area (Å²) in [4.78, 5) is 0. The molecule has 0 unspecified atom stereocenters. The van der Waals surface area contributed by atoms with E-state index in [2.05, 4.69) is 29.7 Å². The average Bonchev–Trinajstić information content (AvgIpc) is 2.56. The second-order valence-electron chi connectivity index (χ2n) is 2.40. The first-order chi connectivity index (χ1) is 5.88. The number of aryl methyl sites for hydroxylation is 2. The minimum atomic E-state index is 1.05. The molecule has 0 saturated carbocycles. The summed E-state index contributed by atoms with van der Waals surface area (Å²) in [6, 6.07) is 2.08. The average molecular weight is 168 g/mol. The van der Waals surface area contributed by atoms with Crippen molar-refractivity contribution < 1.29 is 0 Å². The van der Waals surface area contributed by atoms with Crippen molar-refractivity contribution in [2.75, 3.05) is 0 Å². The molecule has 1 rings (SSSR count). The molecule has 1 aromatic rings. The van der Waals surface area contributed by atoms with E-state index in [0.29, 0.717) is 0 Å². The Bertz CT molecular complexity index is 191. The highest BCUT2D eigenvalue weighted by molar-refractivity contribution is 4.99. The normalized spacial score (nSPS) is 9.00. The van der Waals surface area contributed by atoms with E-state index < -0.39 is 0 Å². The molecule has 0 radical (unpaired) electrons. The van der Waals surface area contributed by atoms with Gasteiger partial charge in [0.1, 0.15) is 0 Å². The van der Waals surface area contributed by atoms with E-state index in [0.717, 1.165) is 19.4 Å². The minimum absolute atomic E-state index is 1.05. The number of hydrogen-bond donors (Lipinski definition) is 0. The topological polar surface area (TPSA) is 17.8 Å². The van der Waals surface area contributed by atoms with Crippen LogP contribution in [0.1, 0.15) is 39.8 Å². The van der Waals surface area contributed by atoms with Gasteiger partial charge in [-0.2, -0.15) is 5.10 Å². The van der Waals surface area contributed by atoms with Crippen LogP contribution in [-0.4, -0.2) is 9.78 Å². The van der Waals surface area contributed by atoms with E-state index >= 15 is 0 Å². The van der Waals surface area contributed by atoms with Crippen molar-refractivity contribution in [2.24, 2.45) is 0 Å². The highest BCUT2D eigenvalue weighted by Gasteiger charge is 1.95. The van der Waals surface area contributed by atoms with Crippen LogP contribution < -0.4 is 0 Å². The fraction of sp³-hybridized carbons (Fsp3) is 0.700. The van der Waals surface area contributed by atoms with Crippen molar-refractivity contribution >= 4 is 0 Å². The Labute approximate surface area is 75.6 Å². The Morgan fingerprint density at radius 3 is 2.50 bits per heavy atom. The minimum Gasteiger partial charge on any atom is -0.270 e. The molecule has 1 aromatic heterocycles. The molecule has 0 bridgehead atoms. The Morgan fingerprint density at radius 1 is 1.33 bits per heavy atom. The molecule has 0 aliphatic heterocycles. The lowest BCUT2D eigenvalue weighted by Crippen LogP contribution is -2.02. The summed E-state index contributed by atoms with van der Waals surface area (Å²) in [5.41, 5.74) is 1.34. The summed E-state index contributed by atoms with van der Waals surface area (Å²) in [6.07, 6.45) is 4.11. The van der Waals surface area contributed by atoms with Crippen molar-refractivity contribution in [1.29, 1.82) is 0 Å². The Balaban J connectivity index is 0.000000561. The number of aromatic nitrogens is 2. The summed E-state index contributed by atoms with van der Waals surface area (Å²) in [5.74, 6) is 0. The Kier molecular flexibility index (Phi) is 6.44. The first-order valence-corrected chi connectivity index (χ1v) is 4.89. The molecule has 2 heteroatoms. The highest BCUT2D eigenvalue weighted by Crippen LogP contribution is 1.99. The zero-order chi connectivity index (χ0) is 9.40. The smallest absolute Gasteiger partial charge is 0.0492 e. The van der Waals surface area contributed by atoms with Crippen LogP contribution in [0.2, 0.25) is 0 Å². The highest BCUT2D eigenvalue weighted by atomic mass is 15.3. The monoisotopic (exact) mass is 168 g/mol. The van der Waals surface area contributed by atoms with Gasteiger partial charge in [-0.3, -0.25) is 4.68 Å². The van der Waals surface area contributed by atoms with Crippen molar-refractivity contribution in [3.63, 3.8) is 0 Å². The summed E-state index contributed by atoms with van der Waals surface area (Å²) >= 11 is 0. The third-order valence-electron chi connectivity index (χ3n) is 1.60. The van der Waals surface area contributed by atoms with Gasteiger partial charge in [0.25, 0.3) is 0 Å². The Hall–Kier alpha value is -0.790. The maximum Gasteiger partial charge on any atom is 0.0492 e. The van der Waals surface area contributed by atoms with E-state index in [1.807, 2.05) is 20.0 Å². The van der Waals surface area contributed by atoms with Gasteiger partial charge in [-0.25, -0.2) is 0 Å². The van der Waals surface area contributed by atoms with Crippen molar-refractivity contribution in [2.45, 2.75) is 47.1 Å². The fourth-order valence-electron chi connectivity index (χ4n) is 1.07. The van der Waals surface area contributed by atoms with Gasteiger partial charge in [0, 0.05) is 18.4 Å². The zero-order valence-corrected chi connectivity index (χ0v) is 8.67. The molecule has 0 atom stereocenters. The maximum atomic E-state index is 4.19. The third kappa shape index (κ3) is 3.07. The summed E-state index contributed by atoms with van der Waals surface area (Å²) in [5, 5.41) is 4.19. The van der Waals surface area contributed by atoms with Crippen LogP contribution in [-0.2, 0) is 13.0 Å². The van der Waals surface area contributed by atoms with Gasteiger partial charge < -0.3 is 0 Å². The molecule has 1 heterocycles. The molecular weight excluding hydrogens is 148 g/mol. The largest absolute Gasteiger partial charge is 0.270 e. The fourth-order valence-corrected chi connectivity index (χ4v) is 1.07. The molecule has 2 nitrogen and oxygen atoms in total. The molecule has 0 N–H and O–H groups in total. The number of rotatable bonds is 3. The number of hydrogen-bond acceptors (Lipinski definition) is 1. The standard InChI is InChI=1S/C8H14N2.C2H6/c1-3-7-10-8(4-2)5-6-9-10;1-2/h5-6H,3-4,7H2,1-2H3;1-2H3. The number of nitrogens with zero attached hydrogens (tertiary/aromatic N) is 2. The predicted molar refractivity (Wildman–Crippen MR) is 53.2 cm³/mol. The summed E-state index contributed by atoms with van der Waals surface area (Å²) in [7, 11) is 0. The van der Waals surface area contributed by atoms with Crippen LogP contribution in [0.15, 0.2) is 12.3 Å². The molecule has 12 heavy (non-hydrogen) atoms. The van der Waals surface area contributed by atoms with Crippen LogP contribution in [0.4, 0.5) is 0 Å². The predicted octanol–water partition coefficient (Wildman–Crippen LogP) is 2.88.